The number of halogens is 2. The fourth-order valence-corrected chi connectivity index (χ4v) is 2.48. The third-order valence-corrected chi connectivity index (χ3v) is 4.16. The van der Waals surface area contributed by atoms with Crippen LogP contribution in [0.1, 0.15) is 17.4 Å². The summed E-state index contributed by atoms with van der Waals surface area (Å²) >= 11 is 10.8. The summed E-state index contributed by atoms with van der Waals surface area (Å²) in [5.74, 6) is -0.0225. The number of rotatable bonds is 2. The van der Waals surface area contributed by atoms with E-state index in [0.717, 1.165) is 15.0 Å². The molecule has 1 heterocycles. The van der Waals surface area contributed by atoms with Gasteiger partial charge in [0, 0.05) is 22.3 Å². The lowest BCUT2D eigenvalue weighted by Gasteiger charge is -1.99. The molecule has 0 aliphatic carbocycles. The fraction of sp³-hybridized carbons (Fsp3) is 0.0909. The molecule has 0 radical (unpaired) electrons. The second-order valence-corrected chi connectivity index (χ2v) is 5.34. The fourth-order valence-electron chi connectivity index (χ4n) is 1.20. The monoisotopic (exact) mass is 315 g/mol. The van der Waals surface area contributed by atoms with Gasteiger partial charge in [-0.25, -0.2) is 4.98 Å². The zero-order valence-corrected chi connectivity index (χ0v) is 11.5. The Balaban J connectivity index is 2.42. The molecule has 2 nitrogen and oxygen atoms in total. The van der Waals surface area contributed by atoms with E-state index in [9.17, 15) is 4.79 Å². The molecule has 0 saturated heterocycles. The van der Waals surface area contributed by atoms with Crippen molar-refractivity contribution < 1.29 is 4.79 Å². The molecule has 0 unspecified atom stereocenters. The second-order valence-electron chi connectivity index (χ2n) is 3.22. The van der Waals surface area contributed by atoms with E-state index in [1.807, 2.05) is 18.2 Å². The number of carbonyl (C=O) groups excluding carboxylic acids is 1. The Kier molecular flexibility index (Phi) is 3.42. The van der Waals surface area contributed by atoms with E-state index < -0.39 is 0 Å². The van der Waals surface area contributed by atoms with Crippen molar-refractivity contribution in [2.45, 2.75) is 6.92 Å². The molecule has 2 aromatic rings. The minimum atomic E-state index is -0.0225. The number of hydrogen-bond donors (Lipinski definition) is 0. The maximum absolute atomic E-state index is 11.1. The van der Waals surface area contributed by atoms with Gasteiger partial charge in [-0.2, -0.15) is 0 Å². The minimum absolute atomic E-state index is 0.0225. The average molecular weight is 317 g/mol. The summed E-state index contributed by atoms with van der Waals surface area (Å²) in [5, 5.41) is 3.20. The van der Waals surface area contributed by atoms with Gasteiger partial charge < -0.3 is 0 Å². The largest absolute Gasteiger partial charge is 0.293 e. The molecule has 0 aliphatic heterocycles. The van der Waals surface area contributed by atoms with E-state index in [4.69, 9.17) is 11.6 Å². The number of Topliss-reactive ketones (excluding diaryl/α,β-unsaturated/α-hetero) is 1. The smallest absolute Gasteiger partial charge is 0.178 e. The molecule has 0 amide bonds. The van der Waals surface area contributed by atoms with E-state index in [2.05, 4.69) is 20.9 Å². The molecule has 0 saturated carbocycles. The number of nitrogens with zero attached hydrogens (tertiary/aromatic N) is 1. The van der Waals surface area contributed by atoms with Crippen LogP contribution in [0.25, 0.3) is 10.6 Å². The van der Waals surface area contributed by atoms with E-state index >= 15 is 0 Å². The summed E-state index contributed by atoms with van der Waals surface area (Å²) in [6, 6.07) is 5.61. The number of hydrogen-bond acceptors (Lipinski definition) is 3. The molecule has 0 spiro atoms. The maximum Gasteiger partial charge on any atom is 0.178 e. The number of ketones is 1. The van der Waals surface area contributed by atoms with Gasteiger partial charge in [-0.1, -0.05) is 17.7 Å². The molecule has 0 bridgehead atoms. The van der Waals surface area contributed by atoms with Gasteiger partial charge >= 0.3 is 0 Å². The molecular formula is C11H7BrClNOS. The summed E-state index contributed by atoms with van der Waals surface area (Å²) < 4.78 is 0.848. The maximum atomic E-state index is 11.1. The van der Waals surface area contributed by atoms with Crippen molar-refractivity contribution in [2.24, 2.45) is 0 Å². The third kappa shape index (κ3) is 2.34. The van der Waals surface area contributed by atoms with Crippen molar-refractivity contribution in [3.05, 3.63) is 38.8 Å². The Morgan fingerprint density at radius 3 is 2.81 bits per heavy atom. The molecular weight excluding hydrogens is 310 g/mol. The zero-order chi connectivity index (χ0) is 11.7. The summed E-state index contributed by atoms with van der Waals surface area (Å²) in [6.45, 7) is 1.51. The molecule has 1 aromatic heterocycles. The number of benzene rings is 1. The normalized spacial score (nSPS) is 10.4. The van der Waals surface area contributed by atoms with Crippen LogP contribution >= 0.6 is 38.9 Å². The van der Waals surface area contributed by atoms with Crippen molar-refractivity contribution in [1.82, 2.24) is 4.98 Å². The summed E-state index contributed by atoms with van der Waals surface area (Å²) in [4.78, 5) is 15.4. The molecule has 0 aliphatic rings. The zero-order valence-electron chi connectivity index (χ0n) is 8.33. The topological polar surface area (TPSA) is 30.0 Å². The second kappa shape index (κ2) is 4.65. The van der Waals surface area contributed by atoms with Crippen molar-refractivity contribution in [2.75, 3.05) is 0 Å². The van der Waals surface area contributed by atoms with Gasteiger partial charge in [-0.05, 0) is 28.1 Å². The highest BCUT2D eigenvalue weighted by atomic mass is 79.9. The molecule has 5 heteroatoms. The lowest BCUT2D eigenvalue weighted by Crippen LogP contribution is -1.91. The Morgan fingerprint density at radius 1 is 1.50 bits per heavy atom. The van der Waals surface area contributed by atoms with Crippen LogP contribution in [0, 0.1) is 0 Å². The molecule has 16 heavy (non-hydrogen) atoms. The predicted molar refractivity (Wildman–Crippen MR) is 70.3 cm³/mol. The molecule has 2 rings (SSSR count). The van der Waals surface area contributed by atoms with Gasteiger partial charge in [0.1, 0.15) is 10.7 Å². The standard InChI is InChI=1S/C11H7BrClNOS/c1-6(15)10-5-16-11(14-10)7-2-3-8(12)9(13)4-7/h2-5H,1H3. The van der Waals surface area contributed by atoms with Gasteiger partial charge in [-0.3, -0.25) is 4.79 Å². The Bertz CT molecular complexity index is 553. The molecule has 1 aromatic carbocycles. The van der Waals surface area contributed by atoms with Gasteiger partial charge in [0.2, 0.25) is 0 Å². The van der Waals surface area contributed by atoms with Gasteiger partial charge in [0.05, 0.1) is 5.02 Å². The third-order valence-electron chi connectivity index (χ3n) is 2.03. The Labute approximate surface area is 110 Å². The van der Waals surface area contributed by atoms with Crippen LogP contribution in [0.15, 0.2) is 28.1 Å². The van der Waals surface area contributed by atoms with Gasteiger partial charge in [0.25, 0.3) is 0 Å². The highest BCUT2D eigenvalue weighted by molar-refractivity contribution is 9.10. The van der Waals surface area contributed by atoms with Gasteiger partial charge in [0.15, 0.2) is 5.78 Å². The first-order valence-electron chi connectivity index (χ1n) is 4.50. The molecule has 0 N–H and O–H groups in total. The van der Waals surface area contributed by atoms with Crippen LogP contribution in [0.2, 0.25) is 5.02 Å². The van der Waals surface area contributed by atoms with E-state index in [-0.39, 0.29) is 5.78 Å². The van der Waals surface area contributed by atoms with Crippen molar-refractivity contribution in [1.29, 1.82) is 0 Å². The first-order chi connectivity index (χ1) is 7.58. The Morgan fingerprint density at radius 2 is 2.25 bits per heavy atom. The summed E-state index contributed by atoms with van der Waals surface area (Å²) in [6.07, 6.45) is 0. The van der Waals surface area contributed by atoms with Crippen LogP contribution in [0.4, 0.5) is 0 Å². The first-order valence-corrected chi connectivity index (χ1v) is 6.55. The van der Waals surface area contributed by atoms with Crippen LogP contribution in [-0.4, -0.2) is 10.8 Å². The number of carbonyl (C=O) groups is 1. The highest BCUT2D eigenvalue weighted by Gasteiger charge is 2.09. The van der Waals surface area contributed by atoms with Crippen molar-refractivity contribution >= 4 is 44.7 Å². The van der Waals surface area contributed by atoms with E-state index in [1.54, 1.807) is 5.38 Å². The molecule has 82 valence electrons. The lowest BCUT2D eigenvalue weighted by molar-refractivity contribution is 0.101. The van der Waals surface area contributed by atoms with Crippen LogP contribution in [-0.2, 0) is 0 Å². The predicted octanol–water partition coefficient (Wildman–Crippen LogP) is 4.43. The van der Waals surface area contributed by atoms with Crippen LogP contribution < -0.4 is 0 Å². The van der Waals surface area contributed by atoms with Gasteiger partial charge in [-0.15, -0.1) is 11.3 Å². The molecule has 0 fully saturated rings. The quantitative estimate of drug-likeness (QED) is 0.767. The Hall–Kier alpha value is -0.710. The average Bonchev–Trinajstić information content (AvgIpc) is 2.71. The number of aromatic nitrogens is 1. The van der Waals surface area contributed by atoms with Crippen LogP contribution in [0.3, 0.4) is 0 Å². The molecule has 0 atom stereocenters. The minimum Gasteiger partial charge on any atom is -0.293 e. The van der Waals surface area contributed by atoms with Crippen LogP contribution in [0.5, 0.6) is 0 Å². The van der Waals surface area contributed by atoms with E-state index in [1.165, 1.54) is 18.3 Å². The first kappa shape index (κ1) is 11.8. The van der Waals surface area contributed by atoms with E-state index in [0.29, 0.717) is 10.7 Å². The summed E-state index contributed by atoms with van der Waals surface area (Å²) in [5.41, 5.74) is 1.42. The summed E-state index contributed by atoms with van der Waals surface area (Å²) in [7, 11) is 0. The van der Waals surface area contributed by atoms with Crippen molar-refractivity contribution in [3.63, 3.8) is 0 Å². The highest BCUT2D eigenvalue weighted by Crippen LogP contribution is 2.30. The lowest BCUT2D eigenvalue weighted by atomic mass is 10.2. The van der Waals surface area contributed by atoms with Crippen molar-refractivity contribution in [3.8, 4) is 10.6 Å². The SMILES string of the molecule is CC(=O)c1csc(-c2ccc(Br)c(Cl)c2)n1. The number of thiazole rings is 1.